The Morgan fingerprint density at radius 2 is 1.95 bits per heavy atom. The van der Waals surface area contributed by atoms with E-state index in [9.17, 15) is 22.8 Å². The van der Waals surface area contributed by atoms with E-state index >= 15 is 0 Å². The second kappa shape index (κ2) is 11.0. The Morgan fingerprint density at radius 1 is 1.19 bits per heavy atom. The van der Waals surface area contributed by atoms with Gasteiger partial charge in [-0.25, -0.2) is 14.8 Å². The molecule has 6 rings (SSSR count). The summed E-state index contributed by atoms with van der Waals surface area (Å²) in [6, 6.07) is 15.2. The number of H-pyrrole nitrogens is 1. The normalized spacial score (nSPS) is 15.6. The van der Waals surface area contributed by atoms with E-state index in [2.05, 4.69) is 15.0 Å². The van der Waals surface area contributed by atoms with Crippen molar-refractivity contribution in [1.29, 1.82) is 0 Å². The molecule has 1 aliphatic rings. The number of thiazole rings is 1. The molecule has 0 fully saturated rings. The van der Waals surface area contributed by atoms with Crippen LogP contribution in [0.25, 0.3) is 17.1 Å². The molecule has 1 atom stereocenters. The van der Waals surface area contributed by atoms with Crippen LogP contribution in [0.4, 0.5) is 13.2 Å². The standard InChI is InChI=1S/C28H18ClF3N4O4S2/c1-2-39-25(38)21-22(14-7-9-15(29)10-8-14)36-24(37)19(41-27(36)35-23(21)28(30,31)32)13-16-11-12-20(40-16)42-26-33-17-5-3-4-6-18(17)34-26/h3-13,22H,2H2,1H3,(H,33,34)/b19-13+/t22-/m0/s1. The number of carbonyl (C=O) groups is 1. The molecule has 3 aromatic heterocycles. The van der Waals surface area contributed by atoms with Crippen LogP contribution >= 0.6 is 34.7 Å². The molecule has 0 saturated heterocycles. The van der Waals surface area contributed by atoms with Crippen LogP contribution in [0.1, 0.15) is 24.3 Å². The average molecular weight is 631 g/mol. The van der Waals surface area contributed by atoms with Gasteiger partial charge in [0.2, 0.25) is 0 Å². The van der Waals surface area contributed by atoms with Crippen LogP contribution in [-0.2, 0) is 9.53 Å². The Morgan fingerprint density at radius 3 is 2.67 bits per heavy atom. The van der Waals surface area contributed by atoms with Gasteiger partial charge in [0.1, 0.15) is 5.76 Å². The highest BCUT2D eigenvalue weighted by molar-refractivity contribution is 7.99. The van der Waals surface area contributed by atoms with Gasteiger partial charge in [-0.15, -0.1) is 0 Å². The van der Waals surface area contributed by atoms with Gasteiger partial charge in [0, 0.05) is 11.1 Å². The highest BCUT2D eigenvalue weighted by Crippen LogP contribution is 2.38. The van der Waals surface area contributed by atoms with Gasteiger partial charge in [0.05, 0.1) is 33.8 Å². The maximum Gasteiger partial charge on any atom is 0.434 e. The van der Waals surface area contributed by atoms with E-state index in [1.54, 1.807) is 12.1 Å². The van der Waals surface area contributed by atoms with Crippen LogP contribution in [0.15, 0.2) is 96.4 Å². The highest BCUT2D eigenvalue weighted by Gasteiger charge is 2.45. The highest BCUT2D eigenvalue weighted by atomic mass is 35.5. The number of carbonyl (C=O) groups excluding carboxylic acids is 1. The second-order valence-electron chi connectivity index (χ2n) is 8.93. The van der Waals surface area contributed by atoms with Crippen molar-refractivity contribution in [1.82, 2.24) is 14.5 Å². The number of nitrogens with zero attached hydrogens (tertiary/aromatic N) is 3. The number of halogens is 4. The summed E-state index contributed by atoms with van der Waals surface area (Å²) in [7, 11) is 0. The summed E-state index contributed by atoms with van der Waals surface area (Å²) in [6.07, 6.45) is -3.57. The van der Waals surface area contributed by atoms with E-state index in [1.807, 2.05) is 24.3 Å². The van der Waals surface area contributed by atoms with Gasteiger partial charge in [-0.2, -0.15) is 13.2 Å². The lowest BCUT2D eigenvalue weighted by molar-refractivity contribution is -0.140. The summed E-state index contributed by atoms with van der Waals surface area (Å²) in [4.78, 5) is 37.8. The molecule has 2 aromatic carbocycles. The topological polar surface area (TPSA) is 102 Å². The maximum absolute atomic E-state index is 14.2. The fourth-order valence-corrected chi connectivity index (χ4v) is 6.35. The van der Waals surface area contributed by atoms with Crippen molar-refractivity contribution in [3.63, 3.8) is 0 Å². The van der Waals surface area contributed by atoms with Crippen LogP contribution < -0.4 is 14.9 Å². The van der Waals surface area contributed by atoms with Crippen molar-refractivity contribution in [3.8, 4) is 0 Å². The molecule has 8 nitrogen and oxygen atoms in total. The fourth-order valence-electron chi connectivity index (χ4n) is 4.47. The van der Waals surface area contributed by atoms with Crippen molar-refractivity contribution >= 4 is 57.8 Å². The quantitative estimate of drug-likeness (QED) is 0.245. The minimum atomic E-state index is -4.99. The summed E-state index contributed by atoms with van der Waals surface area (Å²) < 4.78 is 54.7. The van der Waals surface area contributed by atoms with Crippen LogP contribution in [0.5, 0.6) is 0 Å². The molecule has 1 N–H and O–H groups in total. The van der Waals surface area contributed by atoms with Crippen molar-refractivity contribution < 1.29 is 27.1 Å². The number of hydrogen-bond donors (Lipinski definition) is 1. The van der Waals surface area contributed by atoms with Gasteiger partial charge in [0.25, 0.3) is 5.56 Å². The Hall–Kier alpha value is -4.07. The Balaban J connectivity index is 1.45. The number of imidazole rings is 1. The molecule has 4 heterocycles. The predicted octanol–water partition coefficient (Wildman–Crippen LogP) is 5.61. The number of hydrogen-bond acceptors (Lipinski definition) is 8. The molecule has 0 unspecified atom stereocenters. The van der Waals surface area contributed by atoms with Crippen LogP contribution in [-0.4, -0.2) is 33.3 Å². The number of furan rings is 1. The van der Waals surface area contributed by atoms with E-state index < -0.39 is 35.0 Å². The lowest BCUT2D eigenvalue weighted by Gasteiger charge is -2.26. The number of fused-ring (bicyclic) bond motifs is 2. The van der Waals surface area contributed by atoms with Crippen molar-refractivity contribution in [2.75, 3.05) is 6.61 Å². The third kappa shape index (κ3) is 5.30. The number of rotatable bonds is 6. The molecule has 14 heteroatoms. The first-order valence-corrected chi connectivity index (χ1v) is 14.4. The fraction of sp³-hybridized carbons (Fsp3) is 0.143. The lowest BCUT2D eigenvalue weighted by Crippen LogP contribution is -2.41. The van der Waals surface area contributed by atoms with Gasteiger partial charge >= 0.3 is 12.1 Å². The summed E-state index contributed by atoms with van der Waals surface area (Å²) in [5.74, 6) is -0.927. The van der Waals surface area contributed by atoms with Crippen molar-refractivity contribution in [2.45, 2.75) is 29.4 Å². The first-order chi connectivity index (χ1) is 20.1. The molecule has 1 aliphatic heterocycles. The largest absolute Gasteiger partial charge is 0.463 e. The minimum Gasteiger partial charge on any atom is -0.463 e. The third-order valence-corrected chi connectivity index (χ3v) is 8.26. The first kappa shape index (κ1) is 28.1. The number of alkyl halides is 3. The summed E-state index contributed by atoms with van der Waals surface area (Å²) in [6.45, 7) is 1.31. The summed E-state index contributed by atoms with van der Waals surface area (Å²) in [5.41, 5.74) is -0.963. The number of para-hydroxylation sites is 2. The predicted molar refractivity (Wildman–Crippen MR) is 151 cm³/mol. The van der Waals surface area contributed by atoms with Crippen molar-refractivity contribution in [2.24, 2.45) is 4.99 Å². The molecular formula is C28H18ClF3N4O4S2. The van der Waals surface area contributed by atoms with Crippen molar-refractivity contribution in [3.05, 3.63) is 108 Å². The number of aromatic nitrogens is 3. The van der Waals surface area contributed by atoms with Gasteiger partial charge in [-0.05, 0) is 60.6 Å². The average Bonchev–Trinajstić information content (AvgIpc) is 3.65. The number of allylic oxidation sites excluding steroid dienone is 1. The summed E-state index contributed by atoms with van der Waals surface area (Å²) >= 11 is 8.00. The zero-order valence-corrected chi connectivity index (χ0v) is 23.8. The maximum atomic E-state index is 14.2. The van der Waals surface area contributed by atoms with Gasteiger partial charge in [-0.3, -0.25) is 9.36 Å². The van der Waals surface area contributed by atoms with E-state index in [4.69, 9.17) is 20.8 Å². The van der Waals surface area contributed by atoms with Gasteiger partial charge in [-0.1, -0.05) is 47.2 Å². The van der Waals surface area contributed by atoms with E-state index in [0.29, 0.717) is 21.0 Å². The number of esters is 1. The number of benzene rings is 2. The molecule has 0 radical (unpaired) electrons. The second-order valence-corrected chi connectivity index (χ2v) is 11.4. The Labute approximate surface area is 247 Å². The molecule has 0 saturated carbocycles. The van der Waals surface area contributed by atoms with E-state index in [0.717, 1.165) is 26.9 Å². The number of ether oxygens (including phenoxy) is 1. The SMILES string of the molecule is CCOC(=O)C1=C(C(F)(F)F)N=c2s/c(=C/c3ccc(Sc4nc5ccccc5[nH]4)o3)c(=O)n2[C@H]1c1ccc(Cl)cc1. The monoisotopic (exact) mass is 630 g/mol. The van der Waals surface area contributed by atoms with E-state index in [1.165, 1.54) is 49.0 Å². The molecule has 0 bridgehead atoms. The Kier molecular flexibility index (Phi) is 7.33. The molecule has 0 aliphatic carbocycles. The van der Waals surface area contributed by atoms with Gasteiger partial charge < -0.3 is 14.1 Å². The van der Waals surface area contributed by atoms with Gasteiger partial charge in [0.15, 0.2) is 20.7 Å². The molecule has 0 amide bonds. The zero-order valence-electron chi connectivity index (χ0n) is 21.4. The van der Waals surface area contributed by atoms with Crippen LogP contribution in [0.3, 0.4) is 0 Å². The smallest absolute Gasteiger partial charge is 0.434 e. The summed E-state index contributed by atoms with van der Waals surface area (Å²) in [5, 5.41) is 1.42. The molecule has 0 spiro atoms. The number of aromatic amines is 1. The van der Waals surface area contributed by atoms with E-state index in [-0.39, 0.29) is 21.5 Å². The first-order valence-electron chi connectivity index (χ1n) is 12.4. The third-order valence-electron chi connectivity index (χ3n) is 6.22. The van der Waals surface area contributed by atoms with Crippen LogP contribution in [0, 0.1) is 0 Å². The van der Waals surface area contributed by atoms with Crippen LogP contribution in [0.2, 0.25) is 5.02 Å². The molecule has 214 valence electrons. The minimum absolute atomic E-state index is 0.0639. The molecule has 5 aromatic rings. The zero-order chi connectivity index (χ0) is 29.6. The molecular weight excluding hydrogens is 613 g/mol. The Bertz CT molecular complexity index is 2010. The lowest BCUT2D eigenvalue weighted by atomic mass is 9.95. The number of nitrogens with one attached hydrogen (secondary N) is 1. The molecule has 42 heavy (non-hydrogen) atoms.